The Morgan fingerprint density at radius 2 is 2.12 bits per heavy atom. The van der Waals surface area contributed by atoms with E-state index >= 15 is 0 Å². The molecule has 1 amide bonds. The minimum atomic E-state index is -0.704. The van der Waals surface area contributed by atoms with Gasteiger partial charge in [-0.3, -0.25) is 9.11 Å². The molecule has 1 atom stereocenters. The van der Waals surface area contributed by atoms with Gasteiger partial charge < -0.3 is 14.4 Å². The molecular formula is C18H21FN2O4S. The summed E-state index contributed by atoms with van der Waals surface area (Å²) in [5.74, 6) is 1.10. The van der Waals surface area contributed by atoms with Crippen molar-refractivity contribution in [2.45, 2.75) is 25.9 Å². The lowest BCUT2D eigenvalue weighted by Crippen LogP contribution is -2.67. The van der Waals surface area contributed by atoms with Crippen LogP contribution in [0.1, 0.15) is 19.8 Å². The number of ether oxygens (including phenoxy) is 1. The fourth-order valence-corrected chi connectivity index (χ4v) is 5.57. The van der Waals surface area contributed by atoms with Crippen molar-refractivity contribution in [3.05, 3.63) is 24.0 Å². The van der Waals surface area contributed by atoms with E-state index in [1.54, 1.807) is 12.1 Å². The van der Waals surface area contributed by atoms with Gasteiger partial charge in [-0.2, -0.15) is 0 Å². The highest BCUT2D eigenvalue weighted by Gasteiger charge is 2.52. The normalized spacial score (nSPS) is 24.4. The molecule has 3 fully saturated rings. The number of hydrogen-bond acceptors (Lipinski definition) is 5. The number of benzene rings is 1. The summed E-state index contributed by atoms with van der Waals surface area (Å²) in [4.78, 5) is 26.5. The maximum atomic E-state index is 14.6. The third kappa shape index (κ3) is 3.11. The van der Waals surface area contributed by atoms with Gasteiger partial charge >= 0.3 is 6.09 Å². The molecule has 0 radical (unpaired) electrons. The van der Waals surface area contributed by atoms with E-state index < -0.39 is 16.9 Å². The van der Waals surface area contributed by atoms with E-state index in [-0.39, 0.29) is 23.1 Å². The zero-order valence-electron chi connectivity index (χ0n) is 14.6. The minimum Gasteiger partial charge on any atom is -0.444 e. The average Bonchev–Trinajstić information content (AvgIpc) is 2.89. The van der Waals surface area contributed by atoms with Crippen LogP contribution in [-0.4, -0.2) is 53.3 Å². The molecule has 3 saturated heterocycles. The van der Waals surface area contributed by atoms with Crippen LogP contribution in [0.5, 0.6) is 0 Å². The molecule has 0 N–H and O–H groups in total. The summed E-state index contributed by atoms with van der Waals surface area (Å²) >= 11 is 0. The van der Waals surface area contributed by atoms with Gasteiger partial charge in [-0.15, -0.1) is 0 Å². The predicted octanol–water partition coefficient (Wildman–Crippen LogP) is 2.09. The van der Waals surface area contributed by atoms with Gasteiger partial charge in [0.15, 0.2) is 0 Å². The van der Waals surface area contributed by atoms with Gasteiger partial charge in [0.25, 0.3) is 0 Å². The van der Waals surface area contributed by atoms with Crippen LogP contribution in [0, 0.1) is 11.2 Å². The number of ketones is 1. The molecule has 1 aromatic carbocycles. The fourth-order valence-electron chi connectivity index (χ4n) is 3.92. The summed E-state index contributed by atoms with van der Waals surface area (Å²) in [6.45, 7) is 3.29. The van der Waals surface area contributed by atoms with Gasteiger partial charge in [-0.25, -0.2) is 9.18 Å². The van der Waals surface area contributed by atoms with Crippen molar-refractivity contribution in [1.29, 1.82) is 0 Å². The molecule has 3 aliphatic rings. The molecule has 6 nitrogen and oxygen atoms in total. The molecule has 0 aliphatic carbocycles. The number of nitrogens with zero attached hydrogens (tertiary/aromatic N) is 2. The standard InChI is InChI=1S/C18H21FN2O4S/c1-12(22)2-4-14-7-21(17(23)25-14)13-3-5-16(15(19)6-13)20-8-18(9-20)10-26(24)11-18/h3,5-6,14H,2,4,7-11H2,1H3/t14-/m0/s1. The number of halogens is 1. The van der Waals surface area contributed by atoms with Crippen LogP contribution in [0.15, 0.2) is 18.2 Å². The monoisotopic (exact) mass is 380 g/mol. The van der Waals surface area contributed by atoms with Crippen LogP contribution in [0.25, 0.3) is 0 Å². The van der Waals surface area contributed by atoms with Crippen molar-refractivity contribution in [3.8, 4) is 0 Å². The number of carbonyl (C=O) groups excluding carboxylic acids is 2. The maximum Gasteiger partial charge on any atom is 0.414 e. The zero-order valence-corrected chi connectivity index (χ0v) is 15.4. The molecule has 140 valence electrons. The van der Waals surface area contributed by atoms with Crippen molar-refractivity contribution in [1.82, 2.24) is 0 Å². The summed E-state index contributed by atoms with van der Waals surface area (Å²) in [6.07, 6.45) is -0.00918. The van der Waals surface area contributed by atoms with E-state index in [0.717, 1.165) is 13.1 Å². The van der Waals surface area contributed by atoms with Gasteiger partial charge in [0.2, 0.25) is 0 Å². The third-order valence-corrected chi connectivity index (χ3v) is 7.13. The molecule has 4 rings (SSSR count). The van der Waals surface area contributed by atoms with Crippen molar-refractivity contribution >= 4 is 34.1 Å². The van der Waals surface area contributed by atoms with Crippen LogP contribution < -0.4 is 9.80 Å². The first-order valence-electron chi connectivity index (χ1n) is 8.72. The molecule has 1 aromatic rings. The average molecular weight is 380 g/mol. The molecule has 26 heavy (non-hydrogen) atoms. The lowest BCUT2D eigenvalue weighted by atomic mass is 9.82. The molecule has 8 heteroatoms. The summed E-state index contributed by atoms with van der Waals surface area (Å²) < 4.78 is 31.1. The SMILES string of the molecule is CC(=O)CC[C@H]1CN(c2ccc(N3CC4(C3)CS(=O)C4)c(F)c2)C(=O)O1. The topological polar surface area (TPSA) is 66.9 Å². The van der Waals surface area contributed by atoms with Gasteiger partial charge in [0, 0.05) is 47.2 Å². The Labute approximate surface area is 153 Å². The largest absolute Gasteiger partial charge is 0.444 e. The van der Waals surface area contributed by atoms with E-state index in [1.807, 2.05) is 4.90 Å². The quantitative estimate of drug-likeness (QED) is 0.783. The molecule has 0 unspecified atom stereocenters. The highest BCUT2D eigenvalue weighted by Crippen LogP contribution is 2.43. The Bertz CT molecular complexity index is 783. The van der Waals surface area contributed by atoms with Crippen LogP contribution in [0.3, 0.4) is 0 Å². The van der Waals surface area contributed by atoms with E-state index in [2.05, 4.69) is 0 Å². The third-order valence-electron chi connectivity index (χ3n) is 5.26. The second-order valence-electron chi connectivity index (χ2n) is 7.58. The van der Waals surface area contributed by atoms with E-state index in [9.17, 15) is 18.2 Å². The first kappa shape index (κ1) is 17.5. The Balaban J connectivity index is 1.41. The van der Waals surface area contributed by atoms with E-state index in [4.69, 9.17) is 4.74 Å². The van der Waals surface area contributed by atoms with Gasteiger partial charge in [-0.05, 0) is 31.5 Å². The number of rotatable bonds is 5. The number of Topliss-reactive ketones (excluding diaryl/α,β-unsaturated/α-hetero) is 1. The Kier molecular flexibility index (Phi) is 4.25. The number of hydrogen-bond donors (Lipinski definition) is 0. The molecule has 0 saturated carbocycles. The second-order valence-corrected chi connectivity index (χ2v) is 9.03. The molecule has 0 aromatic heterocycles. The van der Waals surface area contributed by atoms with Crippen LogP contribution >= 0.6 is 0 Å². The van der Waals surface area contributed by atoms with Crippen LogP contribution in [0.4, 0.5) is 20.6 Å². The Morgan fingerprint density at radius 3 is 2.73 bits per heavy atom. The number of carbonyl (C=O) groups is 2. The number of anilines is 2. The maximum absolute atomic E-state index is 14.6. The fraction of sp³-hybridized carbons (Fsp3) is 0.556. The Hall–Kier alpha value is -1.96. The molecule has 1 spiro atoms. The number of cyclic esters (lactones) is 1. The van der Waals surface area contributed by atoms with E-state index in [1.165, 1.54) is 17.9 Å². The van der Waals surface area contributed by atoms with Crippen molar-refractivity contribution in [2.24, 2.45) is 5.41 Å². The van der Waals surface area contributed by atoms with Gasteiger partial charge in [0.1, 0.15) is 17.7 Å². The smallest absolute Gasteiger partial charge is 0.414 e. The van der Waals surface area contributed by atoms with Gasteiger partial charge in [0.05, 0.1) is 17.9 Å². The lowest BCUT2D eigenvalue weighted by molar-refractivity contribution is -0.117. The van der Waals surface area contributed by atoms with Crippen LogP contribution in [-0.2, 0) is 20.3 Å². The van der Waals surface area contributed by atoms with Crippen LogP contribution in [0.2, 0.25) is 0 Å². The summed E-state index contributed by atoms with van der Waals surface area (Å²) in [6, 6.07) is 4.76. The summed E-state index contributed by atoms with van der Waals surface area (Å²) in [7, 11) is -0.704. The first-order valence-corrected chi connectivity index (χ1v) is 10.2. The predicted molar refractivity (Wildman–Crippen MR) is 96.5 cm³/mol. The molecule has 3 heterocycles. The van der Waals surface area contributed by atoms with Gasteiger partial charge in [-0.1, -0.05) is 0 Å². The van der Waals surface area contributed by atoms with Crippen molar-refractivity contribution in [3.63, 3.8) is 0 Å². The lowest BCUT2D eigenvalue weighted by Gasteiger charge is -2.55. The molecular weight excluding hydrogens is 359 g/mol. The highest BCUT2D eigenvalue weighted by atomic mass is 32.2. The minimum absolute atomic E-state index is 0.0533. The van der Waals surface area contributed by atoms with Crippen molar-refractivity contribution < 1.29 is 22.9 Å². The first-order chi connectivity index (χ1) is 12.3. The number of amides is 1. The molecule has 0 bridgehead atoms. The summed E-state index contributed by atoms with van der Waals surface area (Å²) in [5, 5.41) is 0. The zero-order chi connectivity index (χ0) is 18.5. The Morgan fingerprint density at radius 1 is 1.38 bits per heavy atom. The highest BCUT2D eigenvalue weighted by molar-refractivity contribution is 7.86. The summed E-state index contributed by atoms with van der Waals surface area (Å²) in [5.41, 5.74) is 1.08. The van der Waals surface area contributed by atoms with E-state index in [0.29, 0.717) is 42.3 Å². The second kappa shape index (κ2) is 6.33. The molecule has 3 aliphatic heterocycles. The van der Waals surface area contributed by atoms with Crippen molar-refractivity contribution in [2.75, 3.05) is 40.9 Å².